The van der Waals surface area contributed by atoms with Crippen molar-refractivity contribution in [3.05, 3.63) is 35.9 Å². The highest BCUT2D eigenvalue weighted by Gasteiger charge is 2.29. The maximum atomic E-state index is 5.81. The summed E-state index contributed by atoms with van der Waals surface area (Å²) in [6, 6.07) is 11.0. The van der Waals surface area contributed by atoms with Crippen LogP contribution < -0.4 is 11.3 Å². The van der Waals surface area contributed by atoms with Crippen LogP contribution in [0.1, 0.15) is 71.3 Å². The Morgan fingerprint density at radius 1 is 1.00 bits per heavy atom. The van der Waals surface area contributed by atoms with E-state index < -0.39 is 0 Å². The Kier molecular flexibility index (Phi) is 7.86. The molecule has 1 unspecified atom stereocenters. The second-order valence-electron chi connectivity index (χ2n) is 6.36. The molecule has 1 atom stereocenters. The van der Waals surface area contributed by atoms with Crippen LogP contribution in [0.5, 0.6) is 0 Å². The van der Waals surface area contributed by atoms with Gasteiger partial charge < -0.3 is 0 Å². The third-order valence-electron chi connectivity index (χ3n) is 4.44. The van der Waals surface area contributed by atoms with E-state index in [4.69, 9.17) is 5.84 Å². The summed E-state index contributed by atoms with van der Waals surface area (Å²) in [5.74, 6) is 5.81. The van der Waals surface area contributed by atoms with Crippen LogP contribution in [0.15, 0.2) is 30.3 Å². The largest absolute Gasteiger partial charge is 0.271 e. The summed E-state index contributed by atoms with van der Waals surface area (Å²) in [6.45, 7) is 6.82. The van der Waals surface area contributed by atoms with Crippen molar-refractivity contribution in [2.45, 2.75) is 77.2 Å². The molecule has 2 heteroatoms. The van der Waals surface area contributed by atoms with E-state index in [0.29, 0.717) is 6.04 Å². The Morgan fingerprint density at radius 2 is 1.60 bits per heavy atom. The minimum absolute atomic E-state index is 0.0689. The lowest BCUT2D eigenvalue weighted by Gasteiger charge is -2.34. The van der Waals surface area contributed by atoms with Gasteiger partial charge >= 0.3 is 0 Å². The van der Waals surface area contributed by atoms with Gasteiger partial charge in [-0.1, -0.05) is 89.6 Å². The van der Waals surface area contributed by atoms with Gasteiger partial charge in [0.25, 0.3) is 0 Å². The maximum Gasteiger partial charge on any atom is 0.0302 e. The second-order valence-corrected chi connectivity index (χ2v) is 6.36. The number of hydrogen-bond acceptors (Lipinski definition) is 2. The summed E-state index contributed by atoms with van der Waals surface area (Å²) in [7, 11) is 0. The van der Waals surface area contributed by atoms with Crippen LogP contribution in [0, 0.1) is 0 Å². The molecule has 0 saturated heterocycles. The predicted octanol–water partition coefficient (Wildman–Crippen LogP) is 4.55. The van der Waals surface area contributed by atoms with Crippen LogP contribution in [0.2, 0.25) is 0 Å². The highest BCUT2D eigenvalue weighted by molar-refractivity contribution is 5.25. The lowest BCUT2D eigenvalue weighted by Crippen LogP contribution is -2.48. The van der Waals surface area contributed by atoms with Crippen molar-refractivity contribution >= 4 is 0 Å². The molecular formula is C18H32N2. The Hall–Kier alpha value is -0.860. The van der Waals surface area contributed by atoms with E-state index in [0.717, 1.165) is 6.42 Å². The fourth-order valence-corrected chi connectivity index (χ4v) is 2.85. The van der Waals surface area contributed by atoms with Crippen molar-refractivity contribution in [3.8, 4) is 0 Å². The molecule has 0 saturated carbocycles. The fourth-order valence-electron chi connectivity index (χ4n) is 2.85. The molecule has 0 fully saturated rings. The molecule has 0 aromatic heterocycles. The number of rotatable bonds is 10. The maximum absolute atomic E-state index is 5.81. The number of nitrogens with one attached hydrogen (secondary N) is 1. The average Bonchev–Trinajstić information content (AvgIpc) is 2.47. The number of hydrogen-bond donors (Lipinski definition) is 2. The summed E-state index contributed by atoms with van der Waals surface area (Å²) in [6.07, 6.45) is 9.14. The highest BCUT2D eigenvalue weighted by atomic mass is 15.2. The summed E-state index contributed by atoms with van der Waals surface area (Å²) < 4.78 is 0. The Balaban J connectivity index is 2.44. The topological polar surface area (TPSA) is 38.0 Å². The molecule has 1 aromatic carbocycles. The average molecular weight is 276 g/mol. The number of nitrogens with two attached hydrogens (primary N) is 1. The SMILES string of the molecule is CCCCCCCCC(NN)C(C)(C)c1ccccc1. The zero-order valence-corrected chi connectivity index (χ0v) is 13.5. The van der Waals surface area contributed by atoms with E-state index >= 15 is 0 Å². The molecule has 0 aliphatic carbocycles. The van der Waals surface area contributed by atoms with E-state index in [1.54, 1.807) is 0 Å². The van der Waals surface area contributed by atoms with Crippen LogP contribution in [0.4, 0.5) is 0 Å². The summed E-state index contributed by atoms with van der Waals surface area (Å²) in [5.41, 5.74) is 4.47. The molecule has 0 bridgehead atoms. The Morgan fingerprint density at radius 3 is 2.20 bits per heavy atom. The summed E-state index contributed by atoms with van der Waals surface area (Å²) in [4.78, 5) is 0. The van der Waals surface area contributed by atoms with Crippen LogP contribution in [-0.4, -0.2) is 6.04 Å². The molecule has 0 aliphatic rings. The molecule has 2 nitrogen and oxygen atoms in total. The van der Waals surface area contributed by atoms with Crippen molar-refractivity contribution in [2.24, 2.45) is 5.84 Å². The molecule has 1 aromatic rings. The van der Waals surface area contributed by atoms with Crippen molar-refractivity contribution in [1.29, 1.82) is 0 Å². The molecule has 0 aliphatic heterocycles. The number of unbranched alkanes of at least 4 members (excludes halogenated alkanes) is 5. The van der Waals surface area contributed by atoms with Gasteiger partial charge in [-0.3, -0.25) is 11.3 Å². The van der Waals surface area contributed by atoms with Crippen LogP contribution >= 0.6 is 0 Å². The minimum Gasteiger partial charge on any atom is -0.271 e. The van der Waals surface area contributed by atoms with E-state index in [-0.39, 0.29) is 5.41 Å². The highest BCUT2D eigenvalue weighted by Crippen LogP contribution is 2.29. The quantitative estimate of drug-likeness (QED) is 0.374. The summed E-state index contributed by atoms with van der Waals surface area (Å²) in [5, 5.41) is 0. The molecule has 20 heavy (non-hydrogen) atoms. The number of hydrazine groups is 1. The molecule has 0 spiro atoms. The lowest BCUT2D eigenvalue weighted by atomic mass is 9.76. The lowest BCUT2D eigenvalue weighted by molar-refractivity contribution is 0.316. The molecule has 0 radical (unpaired) electrons. The van der Waals surface area contributed by atoms with E-state index in [2.05, 4.69) is 56.5 Å². The van der Waals surface area contributed by atoms with E-state index in [1.807, 2.05) is 0 Å². The first-order valence-corrected chi connectivity index (χ1v) is 8.14. The third kappa shape index (κ3) is 5.26. The van der Waals surface area contributed by atoms with Crippen LogP contribution in [0.25, 0.3) is 0 Å². The first-order chi connectivity index (χ1) is 9.62. The number of benzene rings is 1. The molecular weight excluding hydrogens is 244 g/mol. The normalized spacial score (nSPS) is 13.4. The minimum atomic E-state index is 0.0689. The van der Waals surface area contributed by atoms with Gasteiger partial charge in [0, 0.05) is 11.5 Å². The summed E-state index contributed by atoms with van der Waals surface area (Å²) >= 11 is 0. The monoisotopic (exact) mass is 276 g/mol. The van der Waals surface area contributed by atoms with Gasteiger partial charge in [-0.2, -0.15) is 0 Å². The molecule has 3 N–H and O–H groups in total. The van der Waals surface area contributed by atoms with Gasteiger partial charge in [0.2, 0.25) is 0 Å². The van der Waals surface area contributed by atoms with Crippen molar-refractivity contribution in [1.82, 2.24) is 5.43 Å². The van der Waals surface area contributed by atoms with Gasteiger partial charge in [0.15, 0.2) is 0 Å². The zero-order chi connectivity index (χ0) is 14.8. The predicted molar refractivity (Wildman–Crippen MR) is 88.6 cm³/mol. The third-order valence-corrected chi connectivity index (χ3v) is 4.44. The smallest absolute Gasteiger partial charge is 0.0302 e. The van der Waals surface area contributed by atoms with Gasteiger partial charge in [0.1, 0.15) is 0 Å². The zero-order valence-electron chi connectivity index (χ0n) is 13.5. The van der Waals surface area contributed by atoms with Crippen molar-refractivity contribution in [2.75, 3.05) is 0 Å². The van der Waals surface area contributed by atoms with Crippen LogP contribution in [0.3, 0.4) is 0 Å². The fraction of sp³-hybridized carbons (Fsp3) is 0.667. The van der Waals surface area contributed by atoms with Gasteiger partial charge in [-0.25, -0.2) is 0 Å². The van der Waals surface area contributed by atoms with Crippen molar-refractivity contribution < 1.29 is 0 Å². The van der Waals surface area contributed by atoms with Gasteiger partial charge in [-0.05, 0) is 12.0 Å². The molecule has 0 amide bonds. The first-order valence-electron chi connectivity index (χ1n) is 8.14. The van der Waals surface area contributed by atoms with Gasteiger partial charge in [0.05, 0.1) is 0 Å². The second kappa shape index (κ2) is 9.15. The molecule has 0 heterocycles. The molecule has 1 rings (SSSR count). The van der Waals surface area contributed by atoms with Gasteiger partial charge in [-0.15, -0.1) is 0 Å². The van der Waals surface area contributed by atoms with Crippen molar-refractivity contribution in [3.63, 3.8) is 0 Å². The van der Waals surface area contributed by atoms with E-state index in [1.165, 1.54) is 44.1 Å². The Bertz CT molecular complexity index is 346. The molecule has 114 valence electrons. The Labute approximate surface area is 125 Å². The van der Waals surface area contributed by atoms with E-state index in [9.17, 15) is 0 Å². The van der Waals surface area contributed by atoms with Crippen LogP contribution in [-0.2, 0) is 5.41 Å². The first kappa shape index (κ1) is 17.2. The standard InChI is InChI=1S/C18H32N2/c1-4-5-6-7-8-12-15-17(20-19)18(2,3)16-13-10-9-11-14-16/h9-11,13-14,17,20H,4-8,12,15,19H2,1-3H3.